The molecule has 1 nitrogen and oxygen atoms in total. The summed E-state index contributed by atoms with van der Waals surface area (Å²) in [6, 6.07) is 8.58. The van der Waals surface area contributed by atoms with Crippen LogP contribution in [0.4, 0.5) is 0 Å². The number of benzene rings is 1. The molecule has 0 unspecified atom stereocenters. The predicted octanol–water partition coefficient (Wildman–Crippen LogP) is 3.37. The van der Waals surface area contributed by atoms with E-state index in [9.17, 15) is 0 Å². The summed E-state index contributed by atoms with van der Waals surface area (Å²) in [5.74, 6) is 3.49. The van der Waals surface area contributed by atoms with Crippen molar-refractivity contribution >= 4 is 0 Å². The van der Waals surface area contributed by atoms with Gasteiger partial charge in [0.15, 0.2) is 0 Å². The van der Waals surface area contributed by atoms with Crippen LogP contribution in [-0.4, -0.2) is 7.11 Å². The normalized spacial score (nSPS) is 32.2. The van der Waals surface area contributed by atoms with E-state index in [1.54, 1.807) is 7.11 Å². The fourth-order valence-electron chi connectivity index (χ4n) is 2.87. The summed E-state index contributed by atoms with van der Waals surface area (Å²) in [5, 5.41) is 0. The number of ether oxygens (including phenoxy) is 1. The molecule has 0 N–H and O–H groups in total. The lowest BCUT2D eigenvalue weighted by molar-refractivity contribution is 0.414. The molecule has 3 atom stereocenters. The zero-order valence-electron chi connectivity index (χ0n) is 9.02. The third-order valence-electron chi connectivity index (χ3n) is 3.76. The topological polar surface area (TPSA) is 9.23 Å². The van der Waals surface area contributed by atoms with Gasteiger partial charge in [0, 0.05) is 0 Å². The molecule has 0 heterocycles. The first-order valence-electron chi connectivity index (χ1n) is 5.71. The van der Waals surface area contributed by atoms with Crippen molar-refractivity contribution < 1.29 is 4.74 Å². The number of rotatable bonds is 2. The van der Waals surface area contributed by atoms with Crippen molar-refractivity contribution in [3.8, 4) is 5.75 Å². The molecule has 1 aromatic rings. The molecule has 0 aliphatic heterocycles. The van der Waals surface area contributed by atoms with E-state index in [2.05, 4.69) is 36.4 Å². The van der Waals surface area contributed by atoms with Gasteiger partial charge in [0.25, 0.3) is 0 Å². The molecule has 3 rings (SSSR count). The molecule has 0 bridgehead atoms. The Morgan fingerprint density at radius 2 is 2.00 bits per heavy atom. The van der Waals surface area contributed by atoms with Crippen molar-refractivity contribution in [3.63, 3.8) is 0 Å². The van der Waals surface area contributed by atoms with Crippen molar-refractivity contribution in [2.75, 3.05) is 7.11 Å². The molecule has 0 radical (unpaired) electrons. The molecule has 1 fully saturated rings. The Balaban J connectivity index is 1.80. The van der Waals surface area contributed by atoms with Crippen molar-refractivity contribution in [1.29, 1.82) is 0 Å². The second-order valence-corrected chi connectivity index (χ2v) is 4.55. The molecule has 0 saturated heterocycles. The number of hydrogen-bond acceptors (Lipinski definition) is 1. The predicted molar refractivity (Wildman–Crippen MR) is 61.1 cm³/mol. The first kappa shape index (κ1) is 9.02. The van der Waals surface area contributed by atoms with Crippen LogP contribution >= 0.6 is 0 Å². The van der Waals surface area contributed by atoms with Crippen LogP contribution in [0.3, 0.4) is 0 Å². The molecule has 2 aliphatic carbocycles. The zero-order valence-corrected chi connectivity index (χ0v) is 9.02. The second-order valence-electron chi connectivity index (χ2n) is 4.55. The van der Waals surface area contributed by atoms with Gasteiger partial charge < -0.3 is 4.74 Å². The average Bonchev–Trinajstić information content (AvgIpc) is 3.03. The quantitative estimate of drug-likeness (QED) is 0.665. The molecule has 1 heteroatoms. The van der Waals surface area contributed by atoms with Gasteiger partial charge in [0.05, 0.1) is 7.11 Å². The van der Waals surface area contributed by atoms with E-state index in [0.29, 0.717) is 0 Å². The fourth-order valence-corrected chi connectivity index (χ4v) is 2.87. The van der Waals surface area contributed by atoms with Crippen LogP contribution in [0.15, 0.2) is 36.4 Å². The maximum atomic E-state index is 5.17. The molecular formula is C14H16O. The van der Waals surface area contributed by atoms with Gasteiger partial charge in [-0.25, -0.2) is 0 Å². The molecule has 15 heavy (non-hydrogen) atoms. The zero-order chi connectivity index (χ0) is 10.3. The van der Waals surface area contributed by atoms with Crippen LogP contribution in [0.5, 0.6) is 5.75 Å². The summed E-state index contributed by atoms with van der Waals surface area (Å²) >= 11 is 0. The van der Waals surface area contributed by atoms with Crippen LogP contribution in [0.1, 0.15) is 24.3 Å². The molecule has 2 aliphatic rings. The lowest BCUT2D eigenvalue weighted by atomic mass is 10.1. The van der Waals surface area contributed by atoms with Gasteiger partial charge in [-0.2, -0.15) is 0 Å². The van der Waals surface area contributed by atoms with E-state index in [-0.39, 0.29) is 0 Å². The molecule has 0 amide bonds. The number of allylic oxidation sites excluding steroid dienone is 2. The summed E-state index contributed by atoms with van der Waals surface area (Å²) in [5.41, 5.74) is 1.48. The summed E-state index contributed by atoms with van der Waals surface area (Å²) in [4.78, 5) is 0. The first-order chi connectivity index (χ1) is 7.40. The molecule has 1 aromatic carbocycles. The Morgan fingerprint density at radius 1 is 1.20 bits per heavy atom. The van der Waals surface area contributed by atoms with Crippen LogP contribution in [0.25, 0.3) is 0 Å². The molecule has 0 spiro atoms. The Kier molecular flexibility index (Phi) is 2.05. The third-order valence-corrected chi connectivity index (χ3v) is 3.76. The highest BCUT2D eigenvalue weighted by Crippen LogP contribution is 2.58. The highest BCUT2D eigenvalue weighted by atomic mass is 16.5. The van der Waals surface area contributed by atoms with Gasteiger partial charge >= 0.3 is 0 Å². The van der Waals surface area contributed by atoms with Crippen LogP contribution in [0, 0.1) is 11.8 Å². The fraction of sp³-hybridized carbons (Fsp3) is 0.429. The van der Waals surface area contributed by atoms with Crippen LogP contribution < -0.4 is 4.74 Å². The number of hydrogen-bond donors (Lipinski definition) is 0. The monoisotopic (exact) mass is 200 g/mol. The Labute approximate surface area is 90.8 Å². The molecule has 0 aromatic heterocycles. The number of fused-ring (bicyclic) bond motifs is 1. The standard InChI is InChI=1S/C14H16O/c1-15-11-8-6-10(7-9-11)14-12-4-2-3-5-13(12)14/h2,4,6-9,12-14H,3,5H2,1H3/t12-,13+,14-/m1/s1. The van der Waals surface area contributed by atoms with Crippen molar-refractivity contribution in [1.82, 2.24) is 0 Å². The maximum absolute atomic E-state index is 5.17. The van der Waals surface area contributed by atoms with Crippen LogP contribution in [-0.2, 0) is 0 Å². The van der Waals surface area contributed by atoms with E-state index in [1.807, 2.05) is 0 Å². The van der Waals surface area contributed by atoms with Gasteiger partial charge in [0.1, 0.15) is 5.75 Å². The summed E-state index contributed by atoms with van der Waals surface area (Å²) in [6.45, 7) is 0. The lowest BCUT2D eigenvalue weighted by Crippen LogP contribution is -1.86. The van der Waals surface area contributed by atoms with Gasteiger partial charge in [-0.3, -0.25) is 0 Å². The van der Waals surface area contributed by atoms with E-state index in [0.717, 1.165) is 23.5 Å². The van der Waals surface area contributed by atoms with Gasteiger partial charge in [0.2, 0.25) is 0 Å². The van der Waals surface area contributed by atoms with Gasteiger partial charge in [-0.15, -0.1) is 0 Å². The third kappa shape index (κ3) is 1.46. The van der Waals surface area contributed by atoms with E-state index in [4.69, 9.17) is 4.74 Å². The second kappa shape index (κ2) is 3.41. The molecule has 1 saturated carbocycles. The average molecular weight is 200 g/mol. The van der Waals surface area contributed by atoms with Crippen molar-refractivity contribution in [3.05, 3.63) is 42.0 Å². The smallest absolute Gasteiger partial charge is 0.118 e. The summed E-state index contributed by atoms with van der Waals surface area (Å²) in [6.07, 6.45) is 7.39. The highest BCUT2D eigenvalue weighted by Gasteiger charge is 2.49. The minimum Gasteiger partial charge on any atom is -0.497 e. The minimum atomic E-state index is 0.787. The maximum Gasteiger partial charge on any atom is 0.118 e. The van der Waals surface area contributed by atoms with Crippen LogP contribution in [0.2, 0.25) is 0 Å². The van der Waals surface area contributed by atoms with Crippen molar-refractivity contribution in [2.24, 2.45) is 11.8 Å². The Hall–Kier alpha value is -1.24. The summed E-state index contributed by atoms with van der Waals surface area (Å²) in [7, 11) is 1.72. The summed E-state index contributed by atoms with van der Waals surface area (Å²) < 4.78 is 5.17. The van der Waals surface area contributed by atoms with E-state index >= 15 is 0 Å². The van der Waals surface area contributed by atoms with E-state index in [1.165, 1.54) is 18.4 Å². The Morgan fingerprint density at radius 3 is 2.60 bits per heavy atom. The molecule has 78 valence electrons. The largest absolute Gasteiger partial charge is 0.497 e. The first-order valence-corrected chi connectivity index (χ1v) is 5.71. The van der Waals surface area contributed by atoms with Crippen molar-refractivity contribution in [2.45, 2.75) is 18.8 Å². The highest BCUT2D eigenvalue weighted by molar-refractivity contribution is 5.36. The van der Waals surface area contributed by atoms with E-state index < -0.39 is 0 Å². The van der Waals surface area contributed by atoms with Gasteiger partial charge in [-0.1, -0.05) is 24.3 Å². The number of methoxy groups -OCH3 is 1. The molecular weight excluding hydrogens is 184 g/mol. The Bertz CT molecular complexity index is 377. The van der Waals surface area contributed by atoms with Gasteiger partial charge in [-0.05, 0) is 48.3 Å². The SMILES string of the molecule is COc1ccc([C@@H]2[C@@H]3C=CCC[C@@H]32)cc1. The lowest BCUT2D eigenvalue weighted by Gasteiger charge is -2.02. The minimum absolute atomic E-state index is 0.787.